The van der Waals surface area contributed by atoms with Crippen molar-refractivity contribution in [3.63, 3.8) is 0 Å². The summed E-state index contributed by atoms with van der Waals surface area (Å²) in [4.78, 5) is 26.7. The first-order valence-corrected chi connectivity index (χ1v) is 5.33. The van der Waals surface area contributed by atoms with E-state index in [2.05, 4.69) is 9.72 Å². The molecule has 1 aromatic heterocycles. The van der Waals surface area contributed by atoms with Gasteiger partial charge in [-0.25, -0.2) is 0 Å². The van der Waals surface area contributed by atoms with Gasteiger partial charge in [0.1, 0.15) is 0 Å². The van der Waals surface area contributed by atoms with Gasteiger partial charge in [0.05, 0.1) is 17.9 Å². The Kier molecular flexibility index (Phi) is 2.14. The van der Waals surface area contributed by atoms with Crippen molar-refractivity contribution in [2.45, 2.75) is 12.3 Å². The van der Waals surface area contributed by atoms with Gasteiger partial charge in [0.15, 0.2) is 0 Å². The molecule has 1 aliphatic rings. The summed E-state index contributed by atoms with van der Waals surface area (Å²) in [5.74, 6) is -1.38. The highest BCUT2D eigenvalue weighted by molar-refractivity contribution is 5.98. The lowest BCUT2D eigenvalue weighted by molar-refractivity contribution is -0.152. The summed E-state index contributed by atoms with van der Waals surface area (Å²) in [5.41, 5.74) is 1.68. The van der Waals surface area contributed by atoms with Crippen LogP contribution in [0.2, 0.25) is 0 Å². The van der Waals surface area contributed by atoms with Crippen molar-refractivity contribution >= 4 is 22.8 Å². The lowest BCUT2D eigenvalue weighted by atomic mass is 9.96. The summed E-state index contributed by atoms with van der Waals surface area (Å²) in [6.45, 7) is 0. The number of aromatic nitrogens is 1. The minimum Gasteiger partial charge on any atom is -0.393 e. The Hall–Kier alpha value is -2.23. The molecular weight excluding hydrogens is 218 g/mol. The molecule has 84 valence electrons. The lowest BCUT2D eigenvalue weighted by Gasteiger charge is -2.05. The fourth-order valence-corrected chi connectivity index (χ4v) is 2.04. The van der Waals surface area contributed by atoms with Crippen molar-refractivity contribution < 1.29 is 14.3 Å². The van der Waals surface area contributed by atoms with E-state index in [0.717, 1.165) is 16.5 Å². The smallest absolute Gasteiger partial charge is 0.321 e. The molecule has 1 saturated heterocycles. The largest absolute Gasteiger partial charge is 0.393 e. The van der Waals surface area contributed by atoms with E-state index in [1.165, 1.54) is 0 Å². The van der Waals surface area contributed by atoms with Crippen molar-refractivity contribution in [2.75, 3.05) is 0 Å². The second-order valence-electron chi connectivity index (χ2n) is 4.01. The summed E-state index contributed by atoms with van der Waals surface area (Å²) in [6, 6.07) is 9.31. The molecule has 0 bridgehead atoms. The van der Waals surface area contributed by atoms with Gasteiger partial charge in [-0.2, -0.15) is 0 Å². The Bertz CT molecular complexity index is 621. The zero-order valence-electron chi connectivity index (χ0n) is 8.92. The van der Waals surface area contributed by atoms with E-state index in [9.17, 15) is 9.59 Å². The first-order valence-electron chi connectivity index (χ1n) is 5.33. The Morgan fingerprint density at radius 3 is 2.88 bits per heavy atom. The second kappa shape index (κ2) is 3.66. The van der Waals surface area contributed by atoms with Gasteiger partial charge in [0, 0.05) is 11.6 Å². The van der Waals surface area contributed by atoms with Crippen molar-refractivity contribution in [3.05, 3.63) is 42.1 Å². The number of pyridine rings is 1. The monoisotopic (exact) mass is 227 g/mol. The van der Waals surface area contributed by atoms with Gasteiger partial charge in [-0.3, -0.25) is 14.6 Å². The summed E-state index contributed by atoms with van der Waals surface area (Å²) >= 11 is 0. The van der Waals surface area contributed by atoms with Crippen molar-refractivity contribution in [3.8, 4) is 0 Å². The summed E-state index contributed by atoms with van der Waals surface area (Å²) in [5, 5.41) is 0.956. The number of hydrogen-bond donors (Lipinski definition) is 0. The van der Waals surface area contributed by atoms with Crippen LogP contribution in [0.5, 0.6) is 0 Å². The first-order chi connectivity index (χ1) is 8.24. The Morgan fingerprint density at radius 2 is 2.12 bits per heavy atom. The number of cyclic esters (lactones) is 2. The molecule has 0 aliphatic carbocycles. The van der Waals surface area contributed by atoms with Crippen molar-refractivity contribution in [1.82, 2.24) is 4.98 Å². The molecule has 0 N–H and O–H groups in total. The van der Waals surface area contributed by atoms with Crippen LogP contribution in [-0.4, -0.2) is 16.9 Å². The number of hydrogen-bond acceptors (Lipinski definition) is 4. The Labute approximate surface area is 97.2 Å². The Balaban J connectivity index is 2.06. The van der Waals surface area contributed by atoms with Gasteiger partial charge < -0.3 is 4.74 Å². The molecule has 1 aliphatic heterocycles. The molecule has 3 rings (SSSR count). The molecule has 4 heteroatoms. The average molecular weight is 227 g/mol. The van der Waals surface area contributed by atoms with Gasteiger partial charge in [-0.15, -0.1) is 0 Å². The predicted octanol–water partition coefficient (Wildman–Crippen LogP) is 1.79. The van der Waals surface area contributed by atoms with Gasteiger partial charge in [-0.1, -0.05) is 12.1 Å². The highest BCUT2D eigenvalue weighted by Crippen LogP contribution is 2.29. The van der Waals surface area contributed by atoms with Crippen LogP contribution in [0.4, 0.5) is 0 Å². The summed E-state index contributed by atoms with van der Waals surface area (Å²) < 4.78 is 4.55. The number of nitrogens with zero attached hydrogens (tertiary/aromatic N) is 1. The molecule has 1 aromatic carbocycles. The molecule has 1 fully saturated rings. The van der Waals surface area contributed by atoms with Gasteiger partial charge in [0.25, 0.3) is 0 Å². The zero-order valence-corrected chi connectivity index (χ0v) is 8.92. The van der Waals surface area contributed by atoms with E-state index in [4.69, 9.17) is 0 Å². The molecule has 17 heavy (non-hydrogen) atoms. The number of esters is 2. The molecule has 0 saturated carbocycles. The maximum atomic E-state index is 11.5. The van der Waals surface area contributed by atoms with Crippen LogP contribution in [-0.2, 0) is 14.3 Å². The third kappa shape index (κ3) is 1.67. The predicted molar refractivity (Wildman–Crippen MR) is 60.2 cm³/mol. The number of benzene rings is 1. The normalized spacial score (nSPS) is 19.6. The maximum absolute atomic E-state index is 11.5. The second-order valence-corrected chi connectivity index (χ2v) is 4.01. The van der Waals surface area contributed by atoms with Crippen LogP contribution in [0.1, 0.15) is 17.9 Å². The van der Waals surface area contributed by atoms with Gasteiger partial charge in [-0.05, 0) is 23.8 Å². The lowest BCUT2D eigenvalue weighted by Crippen LogP contribution is -2.05. The molecule has 2 aromatic rings. The van der Waals surface area contributed by atoms with E-state index >= 15 is 0 Å². The molecular formula is C13H9NO3. The zero-order chi connectivity index (χ0) is 11.8. The molecule has 4 nitrogen and oxygen atoms in total. The van der Waals surface area contributed by atoms with E-state index in [1.807, 2.05) is 30.3 Å². The minimum absolute atomic E-state index is 0.130. The number of rotatable bonds is 1. The molecule has 1 unspecified atom stereocenters. The molecule has 0 spiro atoms. The number of carbonyl (C=O) groups is 2. The highest BCUT2D eigenvalue weighted by Gasteiger charge is 2.34. The summed E-state index contributed by atoms with van der Waals surface area (Å²) in [6.07, 6.45) is 1.85. The van der Waals surface area contributed by atoms with Crippen LogP contribution in [0, 0.1) is 0 Å². The van der Waals surface area contributed by atoms with Crippen molar-refractivity contribution in [1.29, 1.82) is 0 Å². The number of fused-ring (bicyclic) bond motifs is 1. The average Bonchev–Trinajstić information content (AvgIpc) is 2.68. The van der Waals surface area contributed by atoms with E-state index in [0.29, 0.717) is 0 Å². The van der Waals surface area contributed by atoms with Gasteiger partial charge in [0.2, 0.25) is 0 Å². The number of carbonyl (C=O) groups excluding carboxylic acids is 2. The van der Waals surface area contributed by atoms with E-state index in [1.54, 1.807) is 6.20 Å². The topological polar surface area (TPSA) is 56.3 Å². The van der Waals surface area contributed by atoms with Crippen LogP contribution in [0.3, 0.4) is 0 Å². The SMILES string of the molecule is O=C1CC(c2ccc3ncccc3c2)C(=O)O1. The fourth-order valence-electron chi connectivity index (χ4n) is 2.04. The quantitative estimate of drug-likeness (QED) is 0.550. The minimum atomic E-state index is -0.466. The standard InChI is InChI=1S/C13H9NO3/c15-12-7-10(13(16)17-12)8-3-4-11-9(6-8)2-1-5-14-11/h1-6,10H,7H2. The van der Waals surface area contributed by atoms with E-state index in [-0.39, 0.29) is 6.42 Å². The van der Waals surface area contributed by atoms with E-state index < -0.39 is 17.9 Å². The maximum Gasteiger partial charge on any atom is 0.321 e. The van der Waals surface area contributed by atoms with Crippen LogP contribution >= 0.6 is 0 Å². The van der Waals surface area contributed by atoms with Crippen molar-refractivity contribution in [2.24, 2.45) is 0 Å². The summed E-state index contributed by atoms with van der Waals surface area (Å²) in [7, 11) is 0. The van der Waals surface area contributed by atoms with Crippen LogP contribution < -0.4 is 0 Å². The Morgan fingerprint density at radius 1 is 1.24 bits per heavy atom. The van der Waals surface area contributed by atoms with Crippen LogP contribution in [0.15, 0.2) is 36.5 Å². The number of ether oxygens (including phenoxy) is 1. The molecule has 0 amide bonds. The molecule has 2 heterocycles. The molecule has 0 radical (unpaired) electrons. The third-order valence-corrected chi connectivity index (χ3v) is 2.90. The molecule has 1 atom stereocenters. The van der Waals surface area contributed by atoms with Crippen LogP contribution in [0.25, 0.3) is 10.9 Å². The fraction of sp³-hybridized carbons (Fsp3) is 0.154. The highest BCUT2D eigenvalue weighted by atomic mass is 16.6. The van der Waals surface area contributed by atoms with Gasteiger partial charge >= 0.3 is 11.9 Å². The third-order valence-electron chi connectivity index (χ3n) is 2.90. The first kappa shape index (κ1) is 9.96.